The van der Waals surface area contributed by atoms with Crippen LogP contribution >= 0.6 is 0 Å². The molecule has 1 heterocycles. The third-order valence-electron chi connectivity index (χ3n) is 4.74. The number of halogens is 3. The molecule has 1 aromatic heterocycles. The second-order valence-corrected chi connectivity index (χ2v) is 7.34. The maximum absolute atomic E-state index is 14.2. The summed E-state index contributed by atoms with van der Waals surface area (Å²) in [5, 5.41) is 12.4. The molecule has 28 heavy (non-hydrogen) atoms. The summed E-state index contributed by atoms with van der Waals surface area (Å²) < 4.78 is 41.3. The zero-order valence-corrected chi connectivity index (χ0v) is 15.6. The molecule has 7 heteroatoms. The second-order valence-electron chi connectivity index (χ2n) is 7.34. The molecule has 0 aliphatic heterocycles. The van der Waals surface area contributed by atoms with Crippen LogP contribution in [0.1, 0.15) is 19.4 Å². The van der Waals surface area contributed by atoms with Crippen molar-refractivity contribution in [2.45, 2.75) is 20.3 Å². The largest absolute Gasteiger partial charge is 0.395 e. The number of H-pyrrole nitrogens is 1. The molecule has 0 aliphatic rings. The first-order valence-electron chi connectivity index (χ1n) is 8.87. The minimum absolute atomic E-state index is 0.151. The Morgan fingerprint density at radius 3 is 2.43 bits per heavy atom. The number of benzene rings is 2. The maximum Gasteiger partial charge on any atom is 0.227 e. The summed E-state index contributed by atoms with van der Waals surface area (Å²) in [5.74, 6) is -2.16. The van der Waals surface area contributed by atoms with E-state index in [0.29, 0.717) is 28.6 Å². The number of hydrogen-bond donors (Lipinski definition) is 3. The van der Waals surface area contributed by atoms with Gasteiger partial charge < -0.3 is 15.4 Å². The molecule has 0 fully saturated rings. The van der Waals surface area contributed by atoms with E-state index in [1.807, 2.05) is 0 Å². The van der Waals surface area contributed by atoms with Crippen molar-refractivity contribution in [3.63, 3.8) is 0 Å². The average Bonchev–Trinajstić information content (AvgIpc) is 3.01. The summed E-state index contributed by atoms with van der Waals surface area (Å²) in [5.41, 5.74) is 0.988. The smallest absolute Gasteiger partial charge is 0.227 e. The highest BCUT2D eigenvalue weighted by Crippen LogP contribution is 2.32. The van der Waals surface area contributed by atoms with Gasteiger partial charge in [0.15, 0.2) is 0 Å². The summed E-state index contributed by atoms with van der Waals surface area (Å²) in [6.07, 6.45) is 0.294. The molecule has 0 saturated carbocycles. The lowest BCUT2D eigenvalue weighted by Crippen LogP contribution is -2.40. The summed E-state index contributed by atoms with van der Waals surface area (Å²) in [6.45, 7) is 3.14. The third kappa shape index (κ3) is 3.89. The molecule has 0 unspecified atom stereocenters. The summed E-state index contributed by atoms with van der Waals surface area (Å²) >= 11 is 0. The van der Waals surface area contributed by atoms with Crippen molar-refractivity contribution in [3.05, 3.63) is 59.4 Å². The topological polar surface area (TPSA) is 65.1 Å². The van der Waals surface area contributed by atoms with Crippen LogP contribution in [0.3, 0.4) is 0 Å². The van der Waals surface area contributed by atoms with Crippen molar-refractivity contribution in [2.24, 2.45) is 5.41 Å². The first-order chi connectivity index (χ1) is 13.2. The molecule has 0 saturated heterocycles. The van der Waals surface area contributed by atoms with E-state index in [0.717, 1.165) is 6.07 Å². The van der Waals surface area contributed by atoms with Crippen molar-refractivity contribution in [1.82, 2.24) is 10.3 Å². The molecule has 0 atom stereocenters. The Balaban J connectivity index is 1.98. The van der Waals surface area contributed by atoms with Crippen molar-refractivity contribution >= 4 is 16.8 Å². The summed E-state index contributed by atoms with van der Waals surface area (Å²) in [4.78, 5) is 15.1. The molecular weight excluding hydrogens is 369 g/mol. The van der Waals surface area contributed by atoms with E-state index in [1.165, 1.54) is 18.2 Å². The number of amides is 1. The second kappa shape index (κ2) is 7.67. The van der Waals surface area contributed by atoms with Gasteiger partial charge in [0.2, 0.25) is 5.91 Å². The predicted molar refractivity (Wildman–Crippen MR) is 101 cm³/mol. The number of carbonyl (C=O) groups is 1. The molecular formula is C21H21F3N2O2. The van der Waals surface area contributed by atoms with Crippen LogP contribution in [-0.2, 0) is 11.2 Å². The van der Waals surface area contributed by atoms with Crippen LogP contribution in [-0.4, -0.2) is 29.1 Å². The molecule has 3 N–H and O–H groups in total. The number of nitrogens with one attached hydrogen (secondary N) is 2. The number of carbonyl (C=O) groups excluding carboxylic acids is 1. The van der Waals surface area contributed by atoms with Gasteiger partial charge in [-0.05, 0) is 61.7 Å². The monoisotopic (exact) mass is 390 g/mol. The minimum atomic E-state index is -0.932. The summed E-state index contributed by atoms with van der Waals surface area (Å²) in [6, 6.07) is 7.69. The van der Waals surface area contributed by atoms with E-state index in [-0.39, 0.29) is 24.6 Å². The molecule has 0 aliphatic carbocycles. The van der Waals surface area contributed by atoms with Gasteiger partial charge in [-0.1, -0.05) is 0 Å². The van der Waals surface area contributed by atoms with E-state index in [4.69, 9.17) is 0 Å². The molecule has 0 bridgehead atoms. The van der Waals surface area contributed by atoms with Gasteiger partial charge in [0.1, 0.15) is 17.5 Å². The number of hydrogen-bond acceptors (Lipinski definition) is 2. The van der Waals surface area contributed by atoms with E-state index in [2.05, 4.69) is 10.3 Å². The normalized spacial score (nSPS) is 11.8. The minimum Gasteiger partial charge on any atom is -0.395 e. The Hall–Kier alpha value is -2.80. The molecule has 2 aromatic carbocycles. The van der Waals surface area contributed by atoms with Gasteiger partial charge in [-0.3, -0.25) is 4.79 Å². The van der Waals surface area contributed by atoms with Gasteiger partial charge in [0.25, 0.3) is 0 Å². The molecule has 0 radical (unpaired) electrons. The lowest BCUT2D eigenvalue weighted by molar-refractivity contribution is -0.131. The zero-order chi connectivity index (χ0) is 20.5. The van der Waals surface area contributed by atoms with E-state index in [1.54, 1.807) is 26.0 Å². The van der Waals surface area contributed by atoms with Gasteiger partial charge in [0.05, 0.1) is 17.5 Å². The number of aromatic nitrogens is 1. The fourth-order valence-corrected chi connectivity index (χ4v) is 3.01. The molecule has 4 nitrogen and oxygen atoms in total. The number of fused-ring (bicyclic) bond motifs is 1. The van der Waals surface area contributed by atoms with Crippen molar-refractivity contribution < 1.29 is 23.1 Å². The standard InChI is InChI=1S/C21H21F3N2O2/c1-21(2,11-27)20(28)25-8-7-15-16-9-14(23)10-17(24)19(16)26-18(15)12-3-5-13(22)6-4-12/h3-6,9-10,26-27H,7-8,11H2,1-2H3,(H,25,28). The Kier molecular flexibility index (Phi) is 5.47. The number of rotatable bonds is 6. The quantitative estimate of drug-likeness (QED) is 0.597. The highest BCUT2D eigenvalue weighted by molar-refractivity contribution is 5.91. The SMILES string of the molecule is CC(C)(CO)C(=O)NCCc1c(-c2ccc(F)cc2)[nH]c2c(F)cc(F)cc12. The van der Waals surface area contributed by atoms with Crippen LogP contribution in [0.25, 0.3) is 22.2 Å². The fraction of sp³-hybridized carbons (Fsp3) is 0.286. The van der Waals surface area contributed by atoms with Crippen molar-refractivity contribution in [3.8, 4) is 11.3 Å². The number of aliphatic hydroxyl groups is 1. The van der Waals surface area contributed by atoms with Gasteiger partial charge in [-0.2, -0.15) is 0 Å². The fourth-order valence-electron chi connectivity index (χ4n) is 3.01. The highest BCUT2D eigenvalue weighted by Gasteiger charge is 2.26. The first kappa shape index (κ1) is 19.9. The number of aliphatic hydroxyl groups excluding tert-OH is 1. The molecule has 0 spiro atoms. The zero-order valence-electron chi connectivity index (χ0n) is 15.6. The first-order valence-corrected chi connectivity index (χ1v) is 8.87. The highest BCUT2D eigenvalue weighted by atomic mass is 19.1. The summed E-state index contributed by atoms with van der Waals surface area (Å²) in [7, 11) is 0. The van der Waals surface area contributed by atoms with Crippen LogP contribution in [0.2, 0.25) is 0 Å². The third-order valence-corrected chi connectivity index (χ3v) is 4.74. The Morgan fingerprint density at radius 2 is 1.79 bits per heavy atom. The predicted octanol–water partition coefficient (Wildman–Crippen LogP) is 3.93. The average molecular weight is 390 g/mol. The van der Waals surface area contributed by atoms with Gasteiger partial charge in [0, 0.05) is 23.7 Å². The lowest BCUT2D eigenvalue weighted by Gasteiger charge is -2.20. The molecule has 3 aromatic rings. The lowest BCUT2D eigenvalue weighted by atomic mass is 9.93. The van der Waals surface area contributed by atoms with Gasteiger partial charge in [-0.15, -0.1) is 0 Å². The van der Waals surface area contributed by atoms with E-state index >= 15 is 0 Å². The Labute approximate surface area is 160 Å². The van der Waals surface area contributed by atoms with E-state index < -0.39 is 22.9 Å². The van der Waals surface area contributed by atoms with Crippen molar-refractivity contribution in [1.29, 1.82) is 0 Å². The molecule has 3 rings (SSSR count). The number of aromatic amines is 1. The van der Waals surface area contributed by atoms with Crippen LogP contribution < -0.4 is 5.32 Å². The van der Waals surface area contributed by atoms with E-state index in [9.17, 15) is 23.1 Å². The van der Waals surface area contributed by atoms with Gasteiger partial charge in [-0.25, -0.2) is 13.2 Å². The molecule has 148 valence electrons. The Morgan fingerprint density at radius 1 is 1.11 bits per heavy atom. The maximum atomic E-state index is 14.2. The van der Waals surface area contributed by atoms with Gasteiger partial charge >= 0.3 is 0 Å². The molecule has 1 amide bonds. The van der Waals surface area contributed by atoms with Crippen LogP contribution in [0.15, 0.2) is 36.4 Å². The van der Waals surface area contributed by atoms with Crippen LogP contribution in [0, 0.1) is 22.9 Å². The van der Waals surface area contributed by atoms with Crippen LogP contribution in [0.4, 0.5) is 13.2 Å². The van der Waals surface area contributed by atoms with Crippen LogP contribution in [0.5, 0.6) is 0 Å². The Bertz CT molecular complexity index is 1010. The van der Waals surface area contributed by atoms with Crippen molar-refractivity contribution in [2.75, 3.05) is 13.2 Å².